The number of aryl methyl sites for hydroxylation is 2. The molecule has 2 aliphatic rings. The van der Waals surface area contributed by atoms with Crippen molar-refractivity contribution in [3.63, 3.8) is 0 Å². The Hall–Kier alpha value is -7.15. The number of hydrogen-bond donors (Lipinski definition) is 7. The Kier molecular flexibility index (Phi) is 16.9. The minimum Gasteiger partial charge on any atom is -0.458 e. The molecule has 2 aliphatic heterocycles. The highest BCUT2D eigenvalue weighted by molar-refractivity contribution is 5.95. The van der Waals surface area contributed by atoms with E-state index in [0.29, 0.717) is 33.6 Å². The lowest BCUT2D eigenvalue weighted by Crippen LogP contribution is -2.47. The van der Waals surface area contributed by atoms with Crippen molar-refractivity contribution in [3.05, 3.63) is 119 Å². The molecule has 13 nitrogen and oxygen atoms in total. The van der Waals surface area contributed by atoms with Gasteiger partial charge >= 0.3 is 5.97 Å². The first-order chi connectivity index (χ1) is 30.1. The maximum absolute atomic E-state index is 14.4. The largest absolute Gasteiger partial charge is 0.458 e. The molecule has 0 spiro atoms. The standard InChI is InChI=1S/C23H20F3N3O4.C21H18F3N3O3.3CH4/c1-11(30)33-18-10-27-23(32)22(18)28-19(31)7-6-15-16-8-14(25)9-17(26)21(16)29-20(15)12-2-4-13(24)5-3-12;22-11-3-1-10(2-4-11)18-13(14-7-12(23)8-15(24)19(14)27-18)5-6-17(29)26-20-16(28)9-25-21(20)30;;;/h2-5,8-9,18,22,29H,6-7,10H2,1H3,(H,27,32)(H,28,31);1-4,7-8,16,20,27-28H,5-6,9H2,(H,25,30)(H,26,29);3*1H4/t18-,22+;16-,20+;;;/m11.../s1. The van der Waals surface area contributed by atoms with E-state index in [9.17, 15) is 55.4 Å². The summed E-state index contributed by atoms with van der Waals surface area (Å²) in [7, 11) is 0. The molecule has 0 saturated carbocycles. The highest BCUT2D eigenvalue weighted by Crippen LogP contribution is 2.35. The second-order valence-electron chi connectivity index (χ2n) is 14.9. The predicted octanol–water partition coefficient (Wildman–Crippen LogP) is 6.80. The van der Waals surface area contributed by atoms with Gasteiger partial charge < -0.3 is 41.1 Å². The van der Waals surface area contributed by atoms with E-state index in [1.807, 2.05) is 0 Å². The van der Waals surface area contributed by atoms with E-state index in [4.69, 9.17) is 4.74 Å². The van der Waals surface area contributed by atoms with Crippen molar-refractivity contribution in [3.8, 4) is 22.5 Å². The zero-order valence-corrected chi connectivity index (χ0v) is 33.1. The predicted molar refractivity (Wildman–Crippen MR) is 235 cm³/mol. The van der Waals surface area contributed by atoms with Gasteiger partial charge in [-0.15, -0.1) is 0 Å². The van der Waals surface area contributed by atoms with Gasteiger partial charge in [-0.1, -0.05) is 22.3 Å². The van der Waals surface area contributed by atoms with Gasteiger partial charge in [-0.2, -0.15) is 0 Å². The molecule has 2 saturated heterocycles. The molecule has 0 radical (unpaired) electrons. The average Bonchev–Trinajstić information content (AvgIpc) is 3.98. The number of aliphatic hydroxyl groups excluding tert-OH is 1. The SMILES string of the molecule is C.C.C.CC(=O)O[C@@H]1CNC(=O)[C@H]1NC(=O)CCc1c(-c2ccc(F)cc2)[nH]c2c(F)cc(F)cc12.O=C(CCc1c(-c2ccc(F)cc2)[nH]c2c(F)cc(F)cc12)N[C@@H]1C(=O)NC[C@H]1O. The molecule has 0 bridgehead atoms. The number of amides is 4. The van der Waals surface area contributed by atoms with E-state index in [1.165, 1.54) is 61.5 Å². The Balaban J connectivity index is 0.000000277. The number of halogens is 6. The molecule has 0 aliphatic carbocycles. The third-order valence-corrected chi connectivity index (χ3v) is 10.6. The third-order valence-electron chi connectivity index (χ3n) is 10.6. The number of aliphatic hydroxyl groups is 1. The monoisotopic (exact) mass is 924 g/mol. The Morgan fingerprint density at radius 1 is 0.621 bits per heavy atom. The zero-order valence-electron chi connectivity index (χ0n) is 33.1. The van der Waals surface area contributed by atoms with E-state index in [0.717, 1.165) is 18.2 Å². The molecule has 8 rings (SSSR count). The fourth-order valence-corrected chi connectivity index (χ4v) is 7.61. The number of carbonyl (C=O) groups excluding carboxylic acids is 5. The minimum absolute atomic E-state index is 0. The van der Waals surface area contributed by atoms with Crippen molar-refractivity contribution in [2.24, 2.45) is 0 Å². The molecule has 0 unspecified atom stereocenters. The van der Waals surface area contributed by atoms with Crippen molar-refractivity contribution in [1.29, 1.82) is 0 Å². The number of hydrogen-bond acceptors (Lipinski definition) is 7. The molecule has 4 aromatic carbocycles. The van der Waals surface area contributed by atoms with E-state index in [-0.39, 0.29) is 82.9 Å². The summed E-state index contributed by atoms with van der Waals surface area (Å²) in [4.78, 5) is 65.7. The Morgan fingerprint density at radius 2 is 1.03 bits per heavy atom. The lowest BCUT2D eigenvalue weighted by Gasteiger charge is -2.18. The summed E-state index contributed by atoms with van der Waals surface area (Å²) in [5.74, 6) is -6.54. The summed E-state index contributed by atoms with van der Waals surface area (Å²) < 4.78 is 88.2. The zero-order chi connectivity index (χ0) is 45.1. The first kappa shape index (κ1) is 51.5. The Labute approximate surface area is 375 Å². The van der Waals surface area contributed by atoms with Crippen LogP contribution in [0.3, 0.4) is 0 Å². The second-order valence-corrected chi connectivity index (χ2v) is 14.9. The number of H-pyrrole nitrogens is 2. The molecular weight excluding hydrogens is 875 g/mol. The summed E-state index contributed by atoms with van der Waals surface area (Å²) in [6.45, 7) is 1.34. The van der Waals surface area contributed by atoms with Gasteiger partial charge in [0, 0.05) is 60.6 Å². The Bertz CT molecular complexity index is 2740. The van der Waals surface area contributed by atoms with E-state index >= 15 is 0 Å². The van der Waals surface area contributed by atoms with Crippen LogP contribution in [-0.2, 0) is 41.6 Å². The second kappa shape index (κ2) is 21.7. The van der Waals surface area contributed by atoms with Gasteiger partial charge in [0.15, 0.2) is 0 Å². The molecule has 19 heteroatoms. The molecule has 4 amide bonds. The number of aromatic nitrogens is 2. The van der Waals surface area contributed by atoms with E-state index in [2.05, 4.69) is 31.2 Å². The van der Waals surface area contributed by atoms with Crippen LogP contribution in [0.4, 0.5) is 26.3 Å². The van der Waals surface area contributed by atoms with Crippen molar-refractivity contribution in [1.82, 2.24) is 31.2 Å². The van der Waals surface area contributed by atoms with Crippen molar-refractivity contribution in [2.45, 2.75) is 79.2 Å². The summed E-state index contributed by atoms with van der Waals surface area (Å²) in [5, 5.41) is 20.3. The maximum Gasteiger partial charge on any atom is 0.303 e. The number of rotatable bonds is 11. The highest BCUT2D eigenvalue weighted by Gasteiger charge is 2.38. The quantitative estimate of drug-likeness (QED) is 0.0549. The summed E-state index contributed by atoms with van der Waals surface area (Å²) in [5.41, 5.74) is 3.06. The fraction of sp³-hybridized carbons (Fsp3) is 0.298. The molecule has 4 heterocycles. The first-order valence-electron chi connectivity index (χ1n) is 19.6. The number of carbonyl (C=O) groups is 5. The van der Waals surface area contributed by atoms with Crippen LogP contribution in [0, 0.1) is 34.9 Å². The number of benzene rings is 4. The van der Waals surface area contributed by atoms with Crippen LogP contribution in [0.5, 0.6) is 0 Å². The fourth-order valence-electron chi connectivity index (χ4n) is 7.61. The van der Waals surface area contributed by atoms with Crippen LogP contribution in [0.2, 0.25) is 0 Å². The van der Waals surface area contributed by atoms with Gasteiger partial charge in [0.1, 0.15) is 59.2 Å². The van der Waals surface area contributed by atoms with Crippen molar-refractivity contribution in [2.75, 3.05) is 13.1 Å². The van der Waals surface area contributed by atoms with Crippen LogP contribution in [0.1, 0.15) is 53.2 Å². The number of esters is 1. The van der Waals surface area contributed by atoms with Crippen molar-refractivity contribution >= 4 is 51.4 Å². The maximum atomic E-state index is 14.4. The van der Waals surface area contributed by atoms with E-state index in [1.54, 1.807) is 0 Å². The lowest BCUT2D eigenvalue weighted by molar-refractivity contribution is -0.147. The molecule has 7 N–H and O–H groups in total. The molecular formula is C47H50F6N6O7. The summed E-state index contributed by atoms with van der Waals surface area (Å²) >= 11 is 0. The number of nitrogens with one attached hydrogen (secondary N) is 6. The van der Waals surface area contributed by atoms with Crippen LogP contribution >= 0.6 is 0 Å². The molecule has 66 heavy (non-hydrogen) atoms. The molecule has 2 aromatic heterocycles. The van der Waals surface area contributed by atoms with Gasteiger partial charge in [-0.3, -0.25) is 24.0 Å². The number of ether oxygens (including phenoxy) is 1. The van der Waals surface area contributed by atoms with Gasteiger partial charge in [-0.25, -0.2) is 26.3 Å². The normalized spacial score (nSPS) is 17.3. The highest BCUT2D eigenvalue weighted by atomic mass is 19.2. The van der Waals surface area contributed by atoms with Crippen LogP contribution in [0.15, 0.2) is 72.8 Å². The molecule has 6 aromatic rings. The number of fused-ring (bicyclic) bond motifs is 2. The smallest absolute Gasteiger partial charge is 0.303 e. The van der Waals surface area contributed by atoms with Crippen LogP contribution < -0.4 is 21.3 Å². The topological polar surface area (TPSA) is 195 Å². The molecule has 4 atom stereocenters. The van der Waals surface area contributed by atoms with Gasteiger partial charge in [0.25, 0.3) is 0 Å². The van der Waals surface area contributed by atoms with Crippen molar-refractivity contribution < 1.29 is 60.2 Å². The molecule has 2 fully saturated rings. The van der Waals surface area contributed by atoms with Gasteiger partial charge in [-0.05, 0) is 95.8 Å². The molecule has 352 valence electrons. The van der Waals surface area contributed by atoms with E-state index < -0.39 is 88.8 Å². The summed E-state index contributed by atoms with van der Waals surface area (Å²) in [6.07, 6.45) is -1.87. The van der Waals surface area contributed by atoms with Crippen LogP contribution in [-0.4, -0.2) is 82.1 Å². The minimum atomic E-state index is -1.04. The number of β-amino-alcohol motifs (C(OH)–C–C–N with tert-alkyl or cyclic N) is 1. The van der Waals surface area contributed by atoms with Gasteiger partial charge in [0.2, 0.25) is 23.6 Å². The summed E-state index contributed by atoms with van der Waals surface area (Å²) in [6, 6.07) is 12.7. The Morgan fingerprint density at radius 3 is 1.44 bits per heavy atom. The van der Waals surface area contributed by atoms with Gasteiger partial charge in [0.05, 0.1) is 17.6 Å². The lowest BCUT2D eigenvalue weighted by atomic mass is 10.0. The third kappa shape index (κ3) is 11.4. The van der Waals surface area contributed by atoms with Crippen LogP contribution in [0.25, 0.3) is 44.3 Å². The average molecular weight is 925 g/mol. The number of aromatic amines is 2. The first-order valence-corrected chi connectivity index (χ1v) is 19.6.